The molecule has 21 heavy (non-hydrogen) atoms. The van der Waals surface area contributed by atoms with Crippen molar-refractivity contribution < 1.29 is 9.47 Å². The second kappa shape index (κ2) is 5.87. The van der Waals surface area contributed by atoms with E-state index in [4.69, 9.17) is 15.3 Å². The van der Waals surface area contributed by atoms with Crippen molar-refractivity contribution in [3.8, 4) is 22.9 Å². The van der Waals surface area contributed by atoms with Crippen LogP contribution in [-0.4, -0.2) is 23.2 Å². The van der Waals surface area contributed by atoms with Crippen molar-refractivity contribution in [1.29, 1.82) is 0 Å². The van der Waals surface area contributed by atoms with Gasteiger partial charge < -0.3 is 14.9 Å². The maximum Gasteiger partial charge on any atom is 0.175 e. The summed E-state index contributed by atoms with van der Waals surface area (Å²) in [5.74, 6) is 8.01. The number of anilines is 1. The lowest BCUT2D eigenvalue weighted by Gasteiger charge is -2.12. The van der Waals surface area contributed by atoms with Crippen molar-refractivity contribution in [2.24, 2.45) is 5.84 Å². The largest absolute Gasteiger partial charge is 0.489 e. The van der Waals surface area contributed by atoms with Gasteiger partial charge in [-0.3, -0.25) is 0 Å². The average Bonchev–Trinajstić information content (AvgIpc) is 2.72. The Balaban J connectivity index is 2.09. The molecule has 0 atom stereocenters. The van der Waals surface area contributed by atoms with E-state index in [-0.39, 0.29) is 0 Å². The monoisotopic (exact) mass is 350 g/mol. The second-order valence-corrected chi connectivity index (χ2v) is 5.55. The number of nitrogens with two attached hydrogens (primary N) is 1. The maximum absolute atomic E-state index is 5.73. The first-order valence-corrected chi connectivity index (χ1v) is 7.38. The van der Waals surface area contributed by atoms with Gasteiger partial charge in [-0.1, -0.05) is 0 Å². The maximum atomic E-state index is 5.73. The Kier molecular flexibility index (Phi) is 3.94. The van der Waals surface area contributed by atoms with E-state index in [1.807, 2.05) is 19.1 Å². The zero-order chi connectivity index (χ0) is 14.8. The molecule has 0 amide bonds. The molecule has 2 heterocycles. The molecular formula is C14H15BrN4O2. The molecule has 3 rings (SSSR count). The molecule has 1 aromatic heterocycles. The first-order chi connectivity index (χ1) is 10.2. The van der Waals surface area contributed by atoms with Crippen LogP contribution in [0.1, 0.15) is 12.1 Å². The highest BCUT2D eigenvalue weighted by atomic mass is 79.9. The van der Waals surface area contributed by atoms with E-state index >= 15 is 0 Å². The summed E-state index contributed by atoms with van der Waals surface area (Å²) in [5, 5.41) is 0. The molecule has 7 heteroatoms. The number of halogens is 1. The lowest BCUT2D eigenvalue weighted by molar-refractivity contribution is 0.296. The lowest BCUT2D eigenvalue weighted by atomic mass is 10.2. The number of fused-ring (bicyclic) bond motifs is 1. The van der Waals surface area contributed by atoms with Gasteiger partial charge in [0.05, 0.1) is 17.7 Å². The molecule has 1 aromatic carbocycles. The van der Waals surface area contributed by atoms with E-state index in [0.29, 0.717) is 30.6 Å². The summed E-state index contributed by atoms with van der Waals surface area (Å²) >= 11 is 3.52. The number of aromatic nitrogens is 2. The molecule has 0 unspecified atom stereocenters. The molecule has 0 aliphatic carbocycles. The number of ether oxygens (including phenoxy) is 2. The van der Waals surface area contributed by atoms with Crippen molar-refractivity contribution >= 4 is 21.7 Å². The predicted molar refractivity (Wildman–Crippen MR) is 83.3 cm³/mol. The minimum Gasteiger partial charge on any atom is -0.489 e. The van der Waals surface area contributed by atoms with Gasteiger partial charge in [0.15, 0.2) is 17.3 Å². The van der Waals surface area contributed by atoms with E-state index < -0.39 is 0 Å². The molecule has 0 saturated heterocycles. The molecule has 1 aliphatic heterocycles. The number of benzene rings is 1. The molecular weight excluding hydrogens is 336 g/mol. The number of nitrogens with zero attached hydrogens (tertiary/aromatic N) is 2. The van der Waals surface area contributed by atoms with Gasteiger partial charge in [-0.2, -0.15) is 0 Å². The van der Waals surface area contributed by atoms with Crippen LogP contribution < -0.4 is 20.7 Å². The van der Waals surface area contributed by atoms with E-state index in [1.54, 1.807) is 6.07 Å². The first kappa shape index (κ1) is 14.1. The van der Waals surface area contributed by atoms with Crippen LogP contribution in [0.4, 0.5) is 5.82 Å². The summed E-state index contributed by atoms with van der Waals surface area (Å²) in [5.41, 5.74) is 4.22. The summed E-state index contributed by atoms with van der Waals surface area (Å²) in [4.78, 5) is 8.81. The van der Waals surface area contributed by atoms with Crippen LogP contribution in [0.3, 0.4) is 0 Å². The van der Waals surface area contributed by atoms with Crippen molar-refractivity contribution in [3.63, 3.8) is 0 Å². The third kappa shape index (κ3) is 2.93. The van der Waals surface area contributed by atoms with E-state index in [9.17, 15) is 0 Å². The lowest BCUT2D eigenvalue weighted by Crippen LogP contribution is -2.10. The molecule has 0 spiro atoms. The van der Waals surface area contributed by atoms with Gasteiger partial charge in [0, 0.05) is 23.7 Å². The minimum atomic E-state index is 0.570. The fraction of sp³-hybridized carbons (Fsp3) is 0.286. The highest BCUT2D eigenvalue weighted by molar-refractivity contribution is 9.10. The Morgan fingerprint density at radius 2 is 2.00 bits per heavy atom. The summed E-state index contributed by atoms with van der Waals surface area (Å²) in [7, 11) is 0. The molecule has 0 saturated carbocycles. The highest BCUT2D eigenvalue weighted by Gasteiger charge is 2.17. The number of hydrogen-bond acceptors (Lipinski definition) is 6. The molecule has 2 aromatic rings. The van der Waals surface area contributed by atoms with E-state index in [0.717, 1.165) is 27.9 Å². The van der Waals surface area contributed by atoms with Gasteiger partial charge >= 0.3 is 0 Å². The third-order valence-electron chi connectivity index (χ3n) is 3.06. The van der Waals surface area contributed by atoms with E-state index in [1.165, 1.54) is 0 Å². The van der Waals surface area contributed by atoms with Gasteiger partial charge in [-0.15, -0.1) is 0 Å². The zero-order valence-electron chi connectivity index (χ0n) is 11.5. The van der Waals surface area contributed by atoms with Gasteiger partial charge in [0.2, 0.25) is 0 Å². The normalized spacial score (nSPS) is 13.7. The third-order valence-corrected chi connectivity index (χ3v) is 3.65. The Labute approximate surface area is 130 Å². The number of hydrazine groups is 1. The predicted octanol–water partition coefficient (Wildman–Crippen LogP) is 2.66. The summed E-state index contributed by atoms with van der Waals surface area (Å²) in [6, 6.07) is 5.59. The first-order valence-electron chi connectivity index (χ1n) is 6.59. The summed E-state index contributed by atoms with van der Waals surface area (Å²) in [6.45, 7) is 3.17. The summed E-state index contributed by atoms with van der Waals surface area (Å²) in [6.07, 6.45) is 0.860. The quantitative estimate of drug-likeness (QED) is 0.640. The molecule has 3 N–H and O–H groups in total. The van der Waals surface area contributed by atoms with Gasteiger partial charge in [-0.25, -0.2) is 15.8 Å². The Morgan fingerprint density at radius 1 is 1.19 bits per heavy atom. The number of aryl methyl sites for hydroxylation is 1. The van der Waals surface area contributed by atoms with E-state index in [2.05, 4.69) is 31.3 Å². The SMILES string of the molecule is Cc1cc(NN)nc(-c2cc(Br)c3c(c2)OCCCO3)n1. The molecule has 110 valence electrons. The fourth-order valence-electron chi connectivity index (χ4n) is 2.13. The van der Waals surface area contributed by atoms with Crippen molar-refractivity contribution in [1.82, 2.24) is 9.97 Å². The molecule has 0 bridgehead atoms. The van der Waals surface area contributed by atoms with Crippen LogP contribution in [0.2, 0.25) is 0 Å². The minimum absolute atomic E-state index is 0.570. The Hall–Kier alpha value is -1.86. The van der Waals surface area contributed by atoms with Crippen LogP contribution in [0.25, 0.3) is 11.4 Å². The average molecular weight is 351 g/mol. The van der Waals surface area contributed by atoms with Gasteiger partial charge in [0.25, 0.3) is 0 Å². The standard InChI is InChI=1S/C14H15BrN4O2/c1-8-5-12(19-16)18-14(17-8)9-6-10(15)13-11(7-9)20-3-2-4-21-13/h5-7H,2-4,16H2,1H3,(H,17,18,19). The van der Waals surface area contributed by atoms with Crippen LogP contribution in [0.15, 0.2) is 22.7 Å². The number of rotatable bonds is 2. The van der Waals surface area contributed by atoms with Crippen molar-refractivity contribution in [3.05, 3.63) is 28.4 Å². The number of hydrogen-bond donors (Lipinski definition) is 2. The van der Waals surface area contributed by atoms with Crippen LogP contribution in [0.5, 0.6) is 11.5 Å². The molecule has 1 aliphatic rings. The molecule has 0 fully saturated rings. The van der Waals surface area contributed by atoms with Crippen LogP contribution in [0, 0.1) is 6.92 Å². The molecule has 6 nitrogen and oxygen atoms in total. The van der Waals surface area contributed by atoms with Crippen LogP contribution >= 0.6 is 15.9 Å². The number of nitrogens with one attached hydrogen (secondary N) is 1. The zero-order valence-corrected chi connectivity index (χ0v) is 13.1. The Bertz CT molecular complexity index is 678. The number of nitrogen functional groups attached to an aromatic ring is 1. The Morgan fingerprint density at radius 3 is 2.81 bits per heavy atom. The van der Waals surface area contributed by atoms with Gasteiger partial charge in [-0.05, 0) is 35.0 Å². The van der Waals surface area contributed by atoms with Crippen LogP contribution in [-0.2, 0) is 0 Å². The second-order valence-electron chi connectivity index (χ2n) is 4.70. The van der Waals surface area contributed by atoms with Crippen molar-refractivity contribution in [2.45, 2.75) is 13.3 Å². The van der Waals surface area contributed by atoms with Gasteiger partial charge in [0.1, 0.15) is 5.82 Å². The fourth-order valence-corrected chi connectivity index (χ4v) is 2.69. The highest BCUT2D eigenvalue weighted by Crippen LogP contribution is 2.40. The summed E-state index contributed by atoms with van der Waals surface area (Å²) < 4.78 is 12.2. The smallest absolute Gasteiger partial charge is 0.175 e. The van der Waals surface area contributed by atoms with Crippen molar-refractivity contribution in [2.75, 3.05) is 18.6 Å². The topological polar surface area (TPSA) is 82.3 Å². The molecule has 0 radical (unpaired) electrons.